The van der Waals surface area contributed by atoms with Crippen LogP contribution in [0.1, 0.15) is 29.5 Å². The molecule has 170 valence electrons. The average Bonchev–Trinajstić information content (AvgIpc) is 3.19. The number of hydrogen-bond donors (Lipinski definition) is 0. The minimum Gasteiger partial charge on any atom is -0.494 e. The maximum atomic E-state index is 5.96. The first-order valence-corrected chi connectivity index (χ1v) is 10.8. The molecule has 0 heterocycles. The molecular formula is C25H35NO5. The minimum atomic E-state index is 0.515. The zero-order chi connectivity index (χ0) is 22.4. The van der Waals surface area contributed by atoms with Gasteiger partial charge in [0.2, 0.25) is 11.5 Å². The van der Waals surface area contributed by atoms with Crippen molar-refractivity contribution < 1.29 is 23.7 Å². The lowest BCUT2D eigenvalue weighted by atomic mass is 10.0. The number of hydrogen-bond acceptors (Lipinski definition) is 6. The molecule has 31 heavy (non-hydrogen) atoms. The summed E-state index contributed by atoms with van der Waals surface area (Å²) in [6.45, 7) is 1.64. The zero-order valence-corrected chi connectivity index (χ0v) is 19.6. The van der Waals surface area contributed by atoms with E-state index in [0.717, 1.165) is 49.5 Å². The van der Waals surface area contributed by atoms with E-state index < -0.39 is 0 Å². The van der Waals surface area contributed by atoms with Crippen LogP contribution in [0.25, 0.3) is 0 Å². The van der Waals surface area contributed by atoms with Gasteiger partial charge in [0.25, 0.3) is 0 Å². The minimum absolute atomic E-state index is 0.515. The number of fused-ring (bicyclic) bond motifs is 1. The van der Waals surface area contributed by atoms with Crippen LogP contribution >= 0.6 is 0 Å². The predicted octanol–water partition coefficient (Wildman–Crippen LogP) is 4.36. The van der Waals surface area contributed by atoms with Crippen molar-refractivity contribution in [3.63, 3.8) is 0 Å². The molecule has 0 unspecified atom stereocenters. The van der Waals surface area contributed by atoms with Gasteiger partial charge in [-0.3, -0.25) is 0 Å². The standard InChI is InChI=1S/C25H35NO5/c1-26(2)16-17-9-11-19(12-10-17)31-13-7-8-18-14-20-21(15-18)23(28-4)25(30-6)24(29-5)22(20)27-3/h9-12,18H,7-8,13-16H2,1-6H3. The van der Waals surface area contributed by atoms with Crippen LogP contribution in [0.2, 0.25) is 0 Å². The summed E-state index contributed by atoms with van der Waals surface area (Å²) in [6.07, 6.45) is 3.95. The van der Waals surface area contributed by atoms with Crippen molar-refractivity contribution >= 4 is 0 Å². The lowest BCUT2D eigenvalue weighted by Gasteiger charge is -2.19. The number of methoxy groups -OCH3 is 4. The Bertz CT molecular complexity index is 822. The Hall–Kier alpha value is -2.60. The molecule has 2 aromatic carbocycles. The third-order valence-corrected chi connectivity index (χ3v) is 5.78. The average molecular weight is 430 g/mol. The first-order chi connectivity index (χ1) is 15.0. The summed E-state index contributed by atoms with van der Waals surface area (Å²) in [7, 11) is 10.8. The summed E-state index contributed by atoms with van der Waals surface area (Å²) in [5.41, 5.74) is 3.62. The molecule has 0 saturated carbocycles. The van der Waals surface area contributed by atoms with Gasteiger partial charge in [-0.2, -0.15) is 0 Å². The van der Waals surface area contributed by atoms with Crippen LogP contribution in [0.5, 0.6) is 28.7 Å². The molecule has 6 heteroatoms. The van der Waals surface area contributed by atoms with Crippen molar-refractivity contribution in [2.24, 2.45) is 5.92 Å². The van der Waals surface area contributed by atoms with E-state index >= 15 is 0 Å². The van der Waals surface area contributed by atoms with Gasteiger partial charge in [0.1, 0.15) is 5.75 Å². The summed E-state index contributed by atoms with van der Waals surface area (Å²) >= 11 is 0. The Balaban J connectivity index is 1.59. The lowest BCUT2D eigenvalue weighted by molar-refractivity contribution is 0.292. The van der Waals surface area contributed by atoms with E-state index in [0.29, 0.717) is 24.0 Å². The van der Waals surface area contributed by atoms with Gasteiger partial charge in [0.05, 0.1) is 35.0 Å². The summed E-state index contributed by atoms with van der Waals surface area (Å²) in [5, 5.41) is 0. The van der Waals surface area contributed by atoms with E-state index in [4.69, 9.17) is 23.7 Å². The normalized spacial score (nSPS) is 13.3. The van der Waals surface area contributed by atoms with Gasteiger partial charge in [-0.05, 0) is 63.4 Å². The van der Waals surface area contributed by atoms with Crippen LogP contribution in [0, 0.1) is 5.92 Å². The molecule has 6 nitrogen and oxygen atoms in total. The van der Waals surface area contributed by atoms with E-state index in [-0.39, 0.29) is 0 Å². The largest absolute Gasteiger partial charge is 0.494 e. The molecule has 1 aliphatic rings. The van der Waals surface area contributed by atoms with Gasteiger partial charge in [-0.25, -0.2) is 0 Å². The highest BCUT2D eigenvalue weighted by molar-refractivity contribution is 5.68. The first kappa shape index (κ1) is 23.1. The second-order valence-electron chi connectivity index (χ2n) is 8.24. The molecule has 3 rings (SSSR count). The van der Waals surface area contributed by atoms with Gasteiger partial charge >= 0.3 is 0 Å². The fourth-order valence-electron chi connectivity index (χ4n) is 4.46. The molecule has 0 saturated heterocycles. The molecule has 2 aromatic rings. The third-order valence-electron chi connectivity index (χ3n) is 5.78. The van der Waals surface area contributed by atoms with Crippen molar-refractivity contribution in [1.82, 2.24) is 4.90 Å². The second-order valence-corrected chi connectivity index (χ2v) is 8.24. The van der Waals surface area contributed by atoms with Crippen LogP contribution in [-0.4, -0.2) is 54.0 Å². The highest BCUT2D eigenvalue weighted by atomic mass is 16.5. The summed E-state index contributed by atoms with van der Waals surface area (Å²) < 4.78 is 28.5. The Labute approximate surface area is 186 Å². The van der Waals surface area contributed by atoms with Crippen LogP contribution in [0.15, 0.2) is 24.3 Å². The summed E-state index contributed by atoms with van der Waals surface area (Å²) in [5.74, 6) is 4.15. The molecule has 0 N–H and O–H groups in total. The highest BCUT2D eigenvalue weighted by Crippen LogP contribution is 2.53. The van der Waals surface area contributed by atoms with E-state index in [1.165, 1.54) is 16.7 Å². The number of ether oxygens (including phenoxy) is 5. The molecule has 0 aromatic heterocycles. The zero-order valence-electron chi connectivity index (χ0n) is 19.6. The number of nitrogens with zero attached hydrogens (tertiary/aromatic N) is 1. The van der Waals surface area contributed by atoms with E-state index in [9.17, 15) is 0 Å². The first-order valence-electron chi connectivity index (χ1n) is 10.8. The van der Waals surface area contributed by atoms with Crippen LogP contribution < -0.4 is 23.7 Å². The third kappa shape index (κ3) is 5.18. The quantitative estimate of drug-likeness (QED) is 0.495. The van der Waals surface area contributed by atoms with Crippen LogP contribution in [0.4, 0.5) is 0 Å². The Morgan fingerprint density at radius 2 is 1.29 bits per heavy atom. The topological polar surface area (TPSA) is 49.4 Å². The van der Waals surface area contributed by atoms with Gasteiger partial charge in [-0.1, -0.05) is 12.1 Å². The maximum Gasteiger partial charge on any atom is 0.207 e. The molecule has 0 fully saturated rings. The number of rotatable bonds is 11. The molecule has 1 aliphatic carbocycles. The summed E-state index contributed by atoms with van der Waals surface area (Å²) in [4.78, 5) is 2.16. The predicted molar refractivity (Wildman–Crippen MR) is 122 cm³/mol. The lowest BCUT2D eigenvalue weighted by Crippen LogP contribution is -2.10. The Morgan fingerprint density at radius 1 is 0.774 bits per heavy atom. The van der Waals surface area contributed by atoms with Gasteiger partial charge in [0.15, 0.2) is 11.5 Å². The molecular weight excluding hydrogens is 394 g/mol. The monoisotopic (exact) mass is 429 g/mol. The molecule has 0 aliphatic heterocycles. The molecule has 0 spiro atoms. The van der Waals surface area contributed by atoms with Crippen LogP contribution in [-0.2, 0) is 19.4 Å². The van der Waals surface area contributed by atoms with E-state index in [1.54, 1.807) is 28.4 Å². The molecule has 0 atom stereocenters. The molecule has 0 bridgehead atoms. The Kier molecular flexibility index (Phi) is 7.91. The second kappa shape index (κ2) is 10.6. The maximum absolute atomic E-state index is 5.96. The molecule has 0 amide bonds. The van der Waals surface area contributed by atoms with Gasteiger partial charge in [-0.15, -0.1) is 0 Å². The SMILES string of the molecule is COc1c2c(c(OC)c(OC)c1OC)CC(CCCOc1ccc(CN(C)C)cc1)C2. The fourth-order valence-corrected chi connectivity index (χ4v) is 4.46. The van der Waals surface area contributed by atoms with Crippen molar-refractivity contribution in [2.75, 3.05) is 49.1 Å². The van der Waals surface area contributed by atoms with E-state index in [2.05, 4.69) is 43.3 Å². The number of benzene rings is 2. The highest BCUT2D eigenvalue weighted by Gasteiger charge is 2.33. The van der Waals surface area contributed by atoms with Crippen LogP contribution in [0.3, 0.4) is 0 Å². The molecule has 0 radical (unpaired) electrons. The van der Waals surface area contributed by atoms with Crippen molar-refractivity contribution in [3.8, 4) is 28.7 Å². The fraction of sp³-hybridized carbons (Fsp3) is 0.520. The van der Waals surface area contributed by atoms with Crippen molar-refractivity contribution in [1.29, 1.82) is 0 Å². The van der Waals surface area contributed by atoms with Crippen molar-refractivity contribution in [3.05, 3.63) is 41.0 Å². The van der Waals surface area contributed by atoms with Gasteiger partial charge < -0.3 is 28.6 Å². The smallest absolute Gasteiger partial charge is 0.207 e. The van der Waals surface area contributed by atoms with E-state index in [1.807, 2.05) is 0 Å². The Morgan fingerprint density at radius 3 is 1.74 bits per heavy atom. The van der Waals surface area contributed by atoms with Gasteiger partial charge in [0, 0.05) is 17.7 Å². The summed E-state index contributed by atoms with van der Waals surface area (Å²) in [6, 6.07) is 8.36. The van der Waals surface area contributed by atoms with Crippen molar-refractivity contribution in [2.45, 2.75) is 32.2 Å².